The molecule has 0 spiro atoms. The highest BCUT2D eigenvalue weighted by molar-refractivity contribution is 5.90. The SMILES string of the molecule is CCc1c(Oc2ccc([N+](=O)[O-])cc2)cccc1C(=O)O. The van der Waals surface area contributed by atoms with E-state index in [-0.39, 0.29) is 11.3 Å². The number of aromatic carboxylic acids is 1. The molecule has 0 radical (unpaired) electrons. The predicted octanol–water partition coefficient (Wildman–Crippen LogP) is 3.65. The molecule has 0 atom stereocenters. The number of carboxylic acids is 1. The van der Waals surface area contributed by atoms with Gasteiger partial charge in [0, 0.05) is 17.7 Å². The fraction of sp³-hybridized carbons (Fsp3) is 0.133. The van der Waals surface area contributed by atoms with E-state index in [2.05, 4.69) is 0 Å². The molecule has 0 saturated carbocycles. The second kappa shape index (κ2) is 6.04. The Morgan fingerprint density at radius 3 is 2.43 bits per heavy atom. The van der Waals surface area contributed by atoms with Gasteiger partial charge in [0.1, 0.15) is 11.5 Å². The van der Waals surface area contributed by atoms with E-state index in [1.807, 2.05) is 6.92 Å². The molecule has 0 saturated heterocycles. The van der Waals surface area contributed by atoms with Crippen LogP contribution in [0.25, 0.3) is 0 Å². The number of ether oxygens (including phenoxy) is 1. The minimum atomic E-state index is -1.01. The van der Waals surface area contributed by atoms with Crippen molar-refractivity contribution in [2.45, 2.75) is 13.3 Å². The minimum Gasteiger partial charge on any atom is -0.478 e. The summed E-state index contributed by atoms with van der Waals surface area (Å²) in [6.45, 7) is 1.84. The van der Waals surface area contributed by atoms with E-state index in [9.17, 15) is 14.9 Å². The molecule has 2 rings (SSSR count). The first-order valence-electron chi connectivity index (χ1n) is 6.30. The quantitative estimate of drug-likeness (QED) is 0.669. The summed E-state index contributed by atoms with van der Waals surface area (Å²) in [5.74, 6) is -0.162. The van der Waals surface area contributed by atoms with Crippen LogP contribution >= 0.6 is 0 Å². The highest BCUT2D eigenvalue weighted by Gasteiger charge is 2.14. The van der Waals surface area contributed by atoms with Crippen LogP contribution in [-0.4, -0.2) is 16.0 Å². The number of rotatable bonds is 5. The topological polar surface area (TPSA) is 89.7 Å². The highest BCUT2D eigenvalue weighted by atomic mass is 16.6. The Bertz CT molecular complexity index is 679. The smallest absolute Gasteiger partial charge is 0.336 e. The molecule has 0 fully saturated rings. The molecule has 6 heteroatoms. The largest absolute Gasteiger partial charge is 0.478 e. The first-order chi connectivity index (χ1) is 10.0. The molecule has 2 aromatic rings. The van der Waals surface area contributed by atoms with Crippen molar-refractivity contribution in [2.24, 2.45) is 0 Å². The summed E-state index contributed by atoms with van der Waals surface area (Å²) in [7, 11) is 0. The zero-order chi connectivity index (χ0) is 15.4. The first kappa shape index (κ1) is 14.5. The number of nitrogens with zero attached hydrogens (tertiary/aromatic N) is 1. The number of carbonyl (C=O) groups is 1. The lowest BCUT2D eigenvalue weighted by molar-refractivity contribution is -0.384. The molecule has 0 aliphatic rings. The van der Waals surface area contributed by atoms with Crippen LogP contribution in [0.5, 0.6) is 11.5 Å². The third kappa shape index (κ3) is 3.17. The Hall–Kier alpha value is -2.89. The summed E-state index contributed by atoms with van der Waals surface area (Å²) < 4.78 is 5.64. The second-order valence-electron chi connectivity index (χ2n) is 4.29. The monoisotopic (exact) mass is 287 g/mol. The summed E-state index contributed by atoms with van der Waals surface area (Å²) in [5.41, 5.74) is 0.748. The zero-order valence-electron chi connectivity index (χ0n) is 11.3. The van der Waals surface area contributed by atoms with Crippen molar-refractivity contribution in [3.63, 3.8) is 0 Å². The summed E-state index contributed by atoms with van der Waals surface area (Å²) >= 11 is 0. The lowest BCUT2D eigenvalue weighted by Crippen LogP contribution is -2.03. The van der Waals surface area contributed by atoms with E-state index >= 15 is 0 Å². The lowest BCUT2D eigenvalue weighted by atomic mass is 10.0. The number of nitro groups is 1. The maximum Gasteiger partial charge on any atom is 0.336 e. The molecule has 0 aliphatic heterocycles. The molecular formula is C15H13NO5. The highest BCUT2D eigenvalue weighted by Crippen LogP contribution is 2.29. The van der Waals surface area contributed by atoms with Crippen molar-refractivity contribution in [1.29, 1.82) is 0 Å². The average Bonchev–Trinajstić information content (AvgIpc) is 2.47. The average molecular weight is 287 g/mol. The van der Waals surface area contributed by atoms with E-state index in [4.69, 9.17) is 9.84 Å². The van der Waals surface area contributed by atoms with Gasteiger partial charge < -0.3 is 9.84 Å². The van der Waals surface area contributed by atoms with Crippen molar-refractivity contribution in [3.8, 4) is 11.5 Å². The number of benzene rings is 2. The van der Waals surface area contributed by atoms with Crippen molar-refractivity contribution < 1.29 is 19.6 Å². The Morgan fingerprint density at radius 1 is 1.24 bits per heavy atom. The molecule has 1 N–H and O–H groups in total. The van der Waals surface area contributed by atoms with Crippen molar-refractivity contribution >= 4 is 11.7 Å². The van der Waals surface area contributed by atoms with Crippen LogP contribution in [-0.2, 0) is 6.42 Å². The van der Waals surface area contributed by atoms with Gasteiger partial charge in [0.2, 0.25) is 0 Å². The zero-order valence-corrected chi connectivity index (χ0v) is 11.3. The van der Waals surface area contributed by atoms with Gasteiger partial charge in [-0.3, -0.25) is 10.1 Å². The third-order valence-electron chi connectivity index (χ3n) is 2.99. The minimum absolute atomic E-state index is 0.0302. The maximum absolute atomic E-state index is 11.2. The van der Waals surface area contributed by atoms with Gasteiger partial charge in [0.15, 0.2) is 0 Å². The Kier molecular flexibility index (Phi) is 4.18. The van der Waals surface area contributed by atoms with E-state index in [1.165, 1.54) is 30.3 Å². The number of hydrogen-bond acceptors (Lipinski definition) is 4. The Morgan fingerprint density at radius 2 is 1.90 bits per heavy atom. The Labute approximate surface area is 120 Å². The summed E-state index contributed by atoms with van der Waals surface area (Å²) in [4.78, 5) is 21.3. The summed E-state index contributed by atoms with van der Waals surface area (Å²) in [5, 5.41) is 19.7. The molecule has 0 aliphatic carbocycles. The molecule has 0 heterocycles. The van der Waals surface area contributed by atoms with E-state index in [0.29, 0.717) is 23.5 Å². The predicted molar refractivity (Wildman–Crippen MR) is 75.9 cm³/mol. The second-order valence-corrected chi connectivity index (χ2v) is 4.29. The van der Waals surface area contributed by atoms with Gasteiger partial charge >= 0.3 is 5.97 Å². The van der Waals surface area contributed by atoms with Gasteiger partial charge in [-0.1, -0.05) is 13.0 Å². The van der Waals surface area contributed by atoms with Gasteiger partial charge in [-0.25, -0.2) is 4.79 Å². The van der Waals surface area contributed by atoms with Crippen LogP contribution < -0.4 is 4.74 Å². The molecule has 0 bridgehead atoms. The van der Waals surface area contributed by atoms with Crippen molar-refractivity contribution in [3.05, 3.63) is 63.7 Å². The van der Waals surface area contributed by atoms with Crippen LogP contribution in [0.4, 0.5) is 5.69 Å². The number of hydrogen-bond donors (Lipinski definition) is 1. The molecule has 21 heavy (non-hydrogen) atoms. The van der Waals surface area contributed by atoms with Gasteiger partial charge in [-0.2, -0.15) is 0 Å². The van der Waals surface area contributed by atoms with Gasteiger partial charge in [-0.15, -0.1) is 0 Å². The van der Waals surface area contributed by atoms with Crippen LogP contribution in [0.2, 0.25) is 0 Å². The molecule has 0 amide bonds. The Balaban J connectivity index is 2.33. The molecular weight excluding hydrogens is 274 g/mol. The molecule has 2 aromatic carbocycles. The van der Waals surface area contributed by atoms with Gasteiger partial charge in [-0.05, 0) is 30.7 Å². The van der Waals surface area contributed by atoms with Crippen LogP contribution in [0, 0.1) is 10.1 Å². The van der Waals surface area contributed by atoms with Crippen molar-refractivity contribution in [2.75, 3.05) is 0 Å². The van der Waals surface area contributed by atoms with E-state index in [1.54, 1.807) is 12.1 Å². The molecule has 0 aromatic heterocycles. The number of nitro benzene ring substituents is 1. The van der Waals surface area contributed by atoms with Crippen LogP contribution in [0.1, 0.15) is 22.8 Å². The summed E-state index contributed by atoms with van der Waals surface area (Å²) in [6, 6.07) is 10.4. The lowest BCUT2D eigenvalue weighted by Gasteiger charge is -2.12. The van der Waals surface area contributed by atoms with Crippen LogP contribution in [0.15, 0.2) is 42.5 Å². The standard InChI is InChI=1S/C15H13NO5/c1-2-12-13(15(17)18)4-3-5-14(12)21-11-8-6-10(7-9-11)16(19)20/h3-9H,2H2,1H3,(H,17,18). The van der Waals surface area contributed by atoms with Gasteiger partial charge in [0.25, 0.3) is 5.69 Å². The third-order valence-corrected chi connectivity index (χ3v) is 2.99. The number of non-ortho nitro benzene ring substituents is 1. The number of carboxylic acid groups (broad SMARTS) is 1. The molecule has 0 unspecified atom stereocenters. The fourth-order valence-corrected chi connectivity index (χ4v) is 1.99. The normalized spacial score (nSPS) is 10.1. The first-order valence-corrected chi connectivity index (χ1v) is 6.30. The molecule has 6 nitrogen and oxygen atoms in total. The van der Waals surface area contributed by atoms with Crippen LogP contribution in [0.3, 0.4) is 0 Å². The fourth-order valence-electron chi connectivity index (χ4n) is 1.99. The van der Waals surface area contributed by atoms with E-state index in [0.717, 1.165) is 0 Å². The van der Waals surface area contributed by atoms with Gasteiger partial charge in [0.05, 0.1) is 10.5 Å². The maximum atomic E-state index is 11.2. The summed E-state index contributed by atoms with van der Waals surface area (Å²) in [6.07, 6.45) is 0.505. The van der Waals surface area contributed by atoms with E-state index < -0.39 is 10.9 Å². The molecule has 108 valence electrons. The van der Waals surface area contributed by atoms with Crippen molar-refractivity contribution in [1.82, 2.24) is 0 Å².